The molecule has 244 valence electrons. The fourth-order valence-electron chi connectivity index (χ4n) is 5.37. The molecule has 0 unspecified atom stereocenters. The number of ketones is 2. The molecule has 4 aromatic carbocycles. The molecular weight excluding hydrogens is 616 g/mol. The Bertz CT molecular complexity index is 2020. The van der Waals surface area contributed by atoms with Crippen molar-refractivity contribution in [3.8, 4) is 40.1 Å². The Morgan fingerprint density at radius 2 is 1.58 bits per heavy atom. The zero-order chi connectivity index (χ0) is 33.8. The number of hydrogen-bond donors (Lipinski definition) is 5. The lowest BCUT2D eigenvalue weighted by molar-refractivity contribution is 0.0975. The van der Waals surface area contributed by atoms with Gasteiger partial charge in [0, 0.05) is 30.1 Å². The third-order valence-corrected chi connectivity index (χ3v) is 7.68. The standard InChI is InChI=1S/C35H32N6O7/c1-19-16-20(22-17-24(37)28-30(31(22)43)33(45)27-23(36)9-10-25(42)29(27)32(28)44)8-11-26(19)48-35-40-18-39-34(41-35)38-12-5-13-46-14-15-47-21-6-3-2-4-7-21/h2-4,6-11,16-18,42-43H,5,12-15,36-37H2,1H3,(H,38,39,40,41). The topological polar surface area (TPSA) is 205 Å². The number of fused-ring (bicyclic) bond motifs is 2. The van der Waals surface area contributed by atoms with Gasteiger partial charge in [-0.25, -0.2) is 4.98 Å². The van der Waals surface area contributed by atoms with Gasteiger partial charge in [-0.05, 0) is 66.9 Å². The molecular formula is C35H32N6O7. The molecule has 1 heterocycles. The van der Waals surface area contributed by atoms with E-state index in [4.69, 9.17) is 25.7 Å². The predicted octanol–water partition coefficient (Wildman–Crippen LogP) is 4.89. The minimum absolute atomic E-state index is 0.00100. The fraction of sp³-hybridized carbons (Fsp3) is 0.171. The van der Waals surface area contributed by atoms with E-state index in [9.17, 15) is 19.8 Å². The molecule has 0 saturated heterocycles. The van der Waals surface area contributed by atoms with Crippen LogP contribution in [-0.4, -0.2) is 63.1 Å². The number of nitrogens with one attached hydrogen (secondary N) is 1. The number of nitrogens with two attached hydrogens (primary N) is 2. The van der Waals surface area contributed by atoms with Gasteiger partial charge in [0.2, 0.25) is 17.5 Å². The number of anilines is 3. The van der Waals surface area contributed by atoms with E-state index in [1.54, 1.807) is 25.1 Å². The number of aromatic nitrogens is 3. The monoisotopic (exact) mass is 648 g/mol. The van der Waals surface area contributed by atoms with Crippen molar-refractivity contribution in [1.29, 1.82) is 0 Å². The molecule has 5 aromatic rings. The maximum atomic E-state index is 13.5. The first-order valence-electron chi connectivity index (χ1n) is 15.1. The number of nitrogens with zero attached hydrogens (tertiary/aromatic N) is 3. The van der Waals surface area contributed by atoms with Crippen LogP contribution in [0.5, 0.6) is 29.0 Å². The number of carbonyl (C=O) groups is 2. The SMILES string of the molecule is Cc1cc(-c2cc(N)c3c(c2O)C(=O)c2c(N)ccc(O)c2C3=O)ccc1Oc1ncnc(NCCCOCCOc2ccccc2)n1. The van der Waals surface area contributed by atoms with Crippen LogP contribution in [0.1, 0.15) is 43.8 Å². The lowest BCUT2D eigenvalue weighted by atomic mass is 9.80. The number of carbonyl (C=O) groups excluding carboxylic acids is 2. The van der Waals surface area contributed by atoms with Gasteiger partial charge in [0.1, 0.15) is 35.9 Å². The molecule has 0 bridgehead atoms. The average Bonchev–Trinajstić information content (AvgIpc) is 3.08. The third kappa shape index (κ3) is 6.39. The van der Waals surface area contributed by atoms with Crippen LogP contribution in [0.25, 0.3) is 11.1 Å². The molecule has 1 aliphatic rings. The lowest BCUT2D eigenvalue weighted by Gasteiger charge is -2.23. The highest BCUT2D eigenvalue weighted by Gasteiger charge is 2.38. The van der Waals surface area contributed by atoms with Gasteiger partial charge in [0.25, 0.3) is 0 Å². The van der Waals surface area contributed by atoms with E-state index in [0.29, 0.717) is 49.2 Å². The Hall–Kier alpha value is -6.21. The zero-order valence-electron chi connectivity index (χ0n) is 25.9. The van der Waals surface area contributed by atoms with Crippen LogP contribution < -0.4 is 26.3 Å². The molecule has 1 aliphatic carbocycles. The summed E-state index contributed by atoms with van der Waals surface area (Å²) in [6.45, 7) is 3.83. The summed E-state index contributed by atoms with van der Waals surface area (Å²) in [7, 11) is 0. The van der Waals surface area contributed by atoms with Crippen molar-refractivity contribution >= 4 is 28.9 Å². The summed E-state index contributed by atoms with van der Waals surface area (Å²) in [5.41, 5.74) is 12.7. The first-order valence-corrected chi connectivity index (χ1v) is 15.1. The molecule has 13 heteroatoms. The summed E-state index contributed by atoms with van der Waals surface area (Å²) in [6, 6.07) is 18.6. The largest absolute Gasteiger partial charge is 0.507 e. The van der Waals surface area contributed by atoms with Crippen LogP contribution in [0.15, 0.2) is 73.1 Å². The molecule has 0 spiro atoms. The van der Waals surface area contributed by atoms with E-state index >= 15 is 0 Å². The average molecular weight is 649 g/mol. The number of hydrogen-bond acceptors (Lipinski definition) is 13. The molecule has 0 aliphatic heterocycles. The van der Waals surface area contributed by atoms with Crippen molar-refractivity contribution in [2.75, 3.05) is 43.1 Å². The number of rotatable bonds is 12. The normalized spacial score (nSPS) is 11.9. The van der Waals surface area contributed by atoms with Gasteiger partial charge in [-0.1, -0.05) is 24.3 Å². The van der Waals surface area contributed by atoms with Gasteiger partial charge >= 0.3 is 6.01 Å². The molecule has 13 nitrogen and oxygen atoms in total. The summed E-state index contributed by atoms with van der Waals surface area (Å²) >= 11 is 0. The van der Waals surface area contributed by atoms with E-state index in [1.165, 1.54) is 24.5 Å². The summed E-state index contributed by atoms with van der Waals surface area (Å²) in [4.78, 5) is 39.4. The van der Waals surface area contributed by atoms with E-state index in [0.717, 1.165) is 12.2 Å². The second kappa shape index (κ2) is 13.6. The van der Waals surface area contributed by atoms with Gasteiger partial charge in [-0.3, -0.25) is 9.59 Å². The van der Waals surface area contributed by atoms with Crippen LogP contribution in [-0.2, 0) is 4.74 Å². The fourth-order valence-corrected chi connectivity index (χ4v) is 5.37. The number of para-hydroxylation sites is 1. The minimum atomic E-state index is -0.712. The lowest BCUT2D eigenvalue weighted by Crippen LogP contribution is -2.24. The van der Waals surface area contributed by atoms with Crippen molar-refractivity contribution in [3.05, 3.63) is 101 Å². The van der Waals surface area contributed by atoms with Crippen molar-refractivity contribution in [1.82, 2.24) is 15.0 Å². The van der Waals surface area contributed by atoms with Crippen LogP contribution in [0, 0.1) is 6.92 Å². The van der Waals surface area contributed by atoms with Crippen molar-refractivity contribution in [2.45, 2.75) is 13.3 Å². The Morgan fingerprint density at radius 1 is 0.812 bits per heavy atom. The van der Waals surface area contributed by atoms with E-state index < -0.39 is 23.1 Å². The van der Waals surface area contributed by atoms with Crippen LogP contribution >= 0.6 is 0 Å². The van der Waals surface area contributed by atoms with Crippen molar-refractivity contribution in [2.24, 2.45) is 0 Å². The van der Waals surface area contributed by atoms with Gasteiger partial charge in [0.05, 0.1) is 28.9 Å². The molecule has 0 radical (unpaired) electrons. The summed E-state index contributed by atoms with van der Waals surface area (Å²) in [5.74, 6) is -0.661. The quantitative estimate of drug-likeness (QED) is 0.0682. The number of phenols is 2. The molecule has 7 N–H and O–H groups in total. The number of phenolic OH excluding ortho intramolecular Hbond substituents is 2. The predicted molar refractivity (Wildman–Crippen MR) is 178 cm³/mol. The maximum absolute atomic E-state index is 13.5. The van der Waals surface area contributed by atoms with Gasteiger partial charge < -0.3 is 41.2 Å². The summed E-state index contributed by atoms with van der Waals surface area (Å²) < 4.78 is 17.1. The Morgan fingerprint density at radius 3 is 2.38 bits per heavy atom. The third-order valence-electron chi connectivity index (χ3n) is 7.68. The highest BCUT2D eigenvalue weighted by atomic mass is 16.5. The number of nitrogen functional groups attached to an aromatic ring is 2. The smallest absolute Gasteiger partial charge is 0.326 e. The molecule has 1 aromatic heterocycles. The van der Waals surface area contributed by atoms with E-state index in [-0.39, 0.29) is 45.2 Å². The molecule has 0 saturated carbocycles. The first-order chi connectivity index (χ1) is 23.2. The maximum Gasteiger partial charge on any atom is 0.326 e. The summed E-state index contributed by atoms with van der Waals surface area (Å²) in [5, 5.41) is 24.7. The Balaban J connectivity index is 1.09. The molecule has 6 rings (SSSR count). The molecule has 0 atom stereocenters. The highest BCUT2D eigenvalue weighted by molar-refractivity contribution is 6.33. The minimum Gasteiger partial charge on any atom is -0.507 e. The molecule has 0 amide bonds. The number of benzene rings is 4. The van der Waals surface area contributed by atoms with E-state index in [2.05, 4.69) is 20.3 Å². The molecule has 0 fully saturated rings. The Kier molecular flexibility index (Phi) is 9.03. The number of aromatic hydroxyl groups is 2. The van der Waals surface area contributed by atoms with Gasteiger partial charge in [-0.15, -0.1) is 0 Å². The van der Waals surface area contributed by atoms with Crippen molar-refractivity contribution in [3.63, 3.8) is 0 Å². The van der Waals surface area contributed by atoms with Crippen LogP contribution in [0.2, 0.25) is 0 Å². The second-order valence-corrected chi connectivity index (χ2v) is 10.9. The van der Waals surface area contributed by atoms with Gasteiger partial charge in [0.15, 0.2) is 0 Å². The van der Waals surface area contributed by atoms with Crippen LogP contribution in [0.3, 0.4) is 0 Å². The zero-order valence-corrected chi connectivity index (χ0v) is 25.9. The summed E-state index contributed by atoms with van der Waals surface area (Å²) in [6.07, 6.45) is 2.05. The van der Waals surface area contributed by atoms with E-state index in [1.807, 2.05) is 30.3 Å². The Labute approximate surface area is 275 Å². The van der Waals surface area contributed by atoms with Crippen molar-refractivity contribution < 1.29 is 34.0 Å². The highest BCUT2D eigenvalue weighted by Crippen LogP contribution is 2.45. The number of aryl methyl sites for hydroxylation is 1. The van der Waals surface area contributed by atoms with Crippen LogP contribution in [0.4, 0.5) is 17.3 Å². The second-order valence-electron chi connectivity index (χ2n) is 10.9. The molecule has 48 heavy (non-hydrogen) atoms. The van der Waals surface area contributed by atoms with Gasteiger partial charge in [-0.2, -0.15) is 9.97 Å². The first kappa shape index (κ1) is 31.8. The number of ether oxygens (including phenoxy) is 3.